The highest BCUT2D eigenvalue weighted by Gasteiger charge is 2.18. The Morgan fingerprint density at radius 2 is 1.72 bits per heavy atom. The molecule has 0 aromatic heterocycles. The highest BCUT2D eigenvalue weighted by Crippen LogP contribution is 2.24. The van der Waals surface area contributed by atoms with Crippen LogP contribution in [0.5, 0.6) is 0 Å². The van der Waals surface area contributed by atoms with Crippen LogP contribution in [0.25, 0.3) is 0 Å². The maximum atomic E-state index is 12.7. The molecule has 7 nitrogen and oxygen atoms in total. The average Bonchev–Trinajstić information content (AvgIpc) is 2.79. The average molecular weight is 468 g/mol. The Morgan fingerprint density at radius 1 is 0.969 bits per heavy atom. The summed E-state index contributed by atoms with van der Waals surface area (Å²) in [5.41, 5.74) is 1.40. The zero-order chi connectivity index (χ0) is 23.1. The molecule has 3 aromatic rings. The van der Waals surface area contributed by atoms with Crippen molar-refractivity contribution < 1.29 is 18.0 Å². The smallest absolute Gasteiger partial charge is 0.261 e. The summed E-state index contributed by atoms with van der Waals surface area (Å²) in [7, 11) is -3.98. The Hall–Kier alpha value is -3.80. The lowest BCUT2D eigenvalue weighted by Crippen LogP contribution is -2.33. The molecule has 3 rings (SSSR count). The van der Waals surface area contributed by atoms with Gasteiger partial charge in [-0.2, -0.15) is 0 Å². The number of hydrogen-bond acceptors (Lipinski definition) is 4. The van der Waals surface area contributed by atoms with E-state index in [2.05, 4.69) is 21.3 Å². The molecule has 2 amide bonds. The first-order chi connectivity index (χ1) is 15.3. The van der Waals surface area contributed by atoms with E-state index in [0.29, 0.717) is 11.3 Å². The van der Waals surface area contributed by atoms with Crippen LogP contribution >= 0.6 is 11.6 Å². The number of para-hydroxylation sites is 1. The highest BCUT2D eigenvalue weighted by molar-refractivity contribution is 7.92. The van der Waals surface area contributed by atoms with Crippen molar-refractivity contribution in [2.45, 2.75) is 4.90 Å². The maximum absolute atomic E-state index is 12.7. The minimum Gasteiger partial charge on any atom is -0.343 e. The van der Waals surface area contributed by atoms with Gasteiger partial charge in [-0.15, -0.1) is 6.42 Å². The molecule has 3 N–H and O–H groups in total. The number of sulfonamides is 1. The van der Waals surface area contributed by atoms with Crippen LogP contribution in [0.3, 0.4) is 0 Å². The summed E-state index contributed by atoms with van der Waals surface area (Å²) in [6.07, 6.45) is 5.33. The molecule has 0 saturated carbocycles. The molecule has 0 unspecified atom stereocenters. The van der Waals surface area contributed by atoms with Crippen molar-refractivity contribution in [3.8, 4) is 12.3 Å². The second kappa shape index (κ2) is 10.0. The van der Waals surface area contributed by atoms with E-state index in [1.54, 1.807) is 42.5 Å². The second-order valence-electron chi connectivity index (χ2n) is 6.57. The zero-order valence-corrected chi connectivity index (χ0v) is 18.2. The number of nitrogens with one attached hydrogen (secondary N) is 3. The van der Waals surface area contributed by atoms with Crippen molar-refractivity contribution in [1.29, 1.82) is 0 Å². The number of carbonyl (C=O) groups is 2. The number of benzene rings is 3. The Morgan fingerprint density at radius 3 is 2.47 bits per heavy atom. The van der Waals surface area contributed by atoms with Crippen molar-refractivity contribution >= 4 is 44.8 Å². The van der Waals surface area contributed by atoms with Crippen LogP contribution in [-0.2, 0) is 14.8 Å². The van der Waals surface area contributed by atoms with Crippen LogP contribution in [0.2, 0.25) is 5.02 Å². The quantitative estimate of drug-likeness (QED) is 0.462. The van der Waals surface area contributed by atoms with Gasteiger partial charge in [0.15, 0.2) is 0 Å². The van der Waals surface area contributed by atoms with Crippen molar-refractivity contribution in [3.63, 3.8) is 0 Å². The molecule has 0 spiro atoms. The summed E-state index contributed by atoms with van der Waals surface area (Å²) in [6, 6.07) is 18.5. The molecule has 0 heterocycles. The highest BCUT2D eigenvalue weighted by atomic mass is 35.5. The Balaban J connectivity index is 1.65. The van der Waals surface area contributed by atoms with Gasteiger partial charge in [0.1, 0.15) is 0 Å². The largest absolute Gasteiger partial charge is 0.343 e. The maximum Gasteiger partial charge on any atom is 0.261 e. The molecule has 0 aliphatic carbocycles. The third-order valence-corrected chi connectivity index (χ3v) is 5.94. The Bertz CT molecular complexity index is 1320. The van der Waals surface area contributed by atoms with Gasteiger partial charge in [0, 0.05) is 16.8 Å². The summed E-state index contributed by atoms with van der Waals surface area (Å²) in [4.78, 5) is 24.4. The van der Waals surface area contributed by atoms with Gasteiger partial charge in [0.2, 0.25) is 5.91 Å². The molecule has 0 aliphatic heterocycles. The fraction of sp³-hybridized carbons (Fsp3) is 0.0435. The number of anilines is 2. The van der Waals surface area contributed by atoms with Gasteiger partial charge < -0.3 is 10.6 Å². The lowest BCUT2D eigenvalue weighted by molar-refractivity contribution is -0.115. The van der Waals surface area contributed by atoms with Crippen LogP contribution in [0, 0.1) is 12.3 Å². The van der Waals surface area contributed by atoms with E-state index in [0.717, 1.165) is 0 Å². The van der Waals surface area contributed by atoms with Gasteiger partial charge >= 0.3 is 0 Å². The molecule has 0 fully saturated rings. The minimum atomic E-state index is -3.98. The van der Waals surface area contributed by atoms with Crippen LogP contribution in [0.4, 0.5) is 11.4 Å². The van der Waals surface area contributed by atoms with Gasteiger partial charge in [-0.25, -0.2) is 8.42 Å². The molecule has 9 heteroatoms. The molecule has 0 saturated heterocycles. The molecule has 3 aromatic carbocycles. The van der Waals surface area contributed by atoms with E-state index in [4.69, 9.17) is 18.0 Å². The van der Waals surface area contributed by atoms with E-state index in [1.807, 2.05) is 0 Å². The Kier molecular flexibility index (Phi) is 7.15. The summed E-state index contributed by atoms with van der Waals surface area (Å²) in [5, 5.41) is 5.32. The van der Waals surface area contributed by atoms with Crippen LogP contribution in [0.1, 0.15) is 15.9 Å². The van der Waals surface area contributed by atoms with Crippen molar-refractivity contribution in [2.24, 2.45) is 0 Å². The van der Waals surface area contributed by atoms with Gasteiger partial charge in [0.05, 0.1) is 22.2 Å². The van der Waals surface area contributed by atoms with Gasteiger partial charge in [-0.3, -0.25) is 14.3 Å². The molecule has 0 aliphatic rings. The third-order valence-electron chi connectivity index (χ3n) is 4.25. The van der Waals surface area contributed by atoms with Crippen LogP contribution < -0.4 is 15.4 Å². The van der Waals surface area contributed by atoms with Crippen LogP contribution in [-0.4, -0.2) is 26.8 Å². The van der Waals surface area contributed by atoms with Gasteiger partial charge in [-0.05, 0) is 48.5 Å². The third kappa shape index (κ3) is 5.88. The van der Waals surface area contributed by atoms with E-state index >= 15 is 0 Å². The summed E-state index contributed by atoms with van der Waals surface area (Å²) < 4.78 is 27.7. The number of halogens is 1. The predicted molar refractivity (Wildman–Crippen MR) is 124 cm³/mol. The van der Waals surface area contributed by atoms with Gasteiger partial charge in [0.25, 0.3) is 15.9 Å². The number of carbonyl (C=O) groups excluding carboxylic acids is 2. The first kappa shape index (κ1) is 22.9. The standard InChI is InChI=1S/C23H18ClN3O4S/c1-2-16-7-5-9-18(13-16)26-22(28)15-25-23(29)17-8-6-10-19(14-17)32(30,31)27-21-12-4-3-11-20(21)24/h1,3-14,27H,15H2,(H,25,29)(H,26,28). The van der Waals surface area contributed by atoms with E-state index in [-0.39, 0.29) is 27.7 Å². The minimum absolute atomic E-state index is 0.0779. The molecule has 0 bridgehead atoms. The normalized spacial score (nSPS) is 10.6. The molecular formula is C23H18ClN3O4S. The first-order valence-corrected chi connectivity index (χ1v) is 11.2. The molecular weight excluding hydrogens is 450 g/mol. The monoisotopic (exact) mass is 467 g/mol. The first-order valence-electron chi connectivity index (χ1n) is 9.30. The van der Waals surface area contributed by atoms with Crippen molar-refractivity contribution in [2.75, 3.05) is 16.6 Å². The van der Waals surface area contributed by atoms with Crippen LogP contribution in [0.15, 0.2) is 77.7 Å². The second-order valence-corrected chi connectivity index (χ2v) is 8.66. The molecule has 32 heavy (non-hydrogen) atoms. The molecule has 0 radical (unpaired) electrons. The number of hydrogen-bond donors (Lipinski definition) is 3. The topological polar surface area (TPSA) is 104 Å². The number of terminal acetylenes is 1. The summed E-state index contributed by atoms with van der Waals surface area (Å²) in [6.45, 7) is -0.312. The van der Waals surface area contributed by atoms with Crippen molar-refractivity contribution in [1.82, 2.24) is 5.32 Å². The van der Waals surface area contributed by atoms with E-state index in [1.165, 1.54) is 30.3 Å². The molecule has 0 atom stereocenters. The fourth-order valence-corrected chi connectivity index (χ4v) is 4.07. The summed E-state index contributed by atoms with van der Waals surface area (Å²) in [5.74, 6) is 1.40. The fourth-order valence-electron chi connectivity index (χ4n) is 2.71. The molecule has 162 valence electrons. The van der Waals surface area contributed by atoms with Crippen molar-refractivity contribution in [3.05, 3.63) is 88.9 Å². The summed E-state index contributed by atoms with van der Waals surface area (Å²) >= 11 is 6.01. The Labute approximate surface area is 190 Å². The predicted octanol–water partition coefficient (Wildman–Crippen LogP) is 3.49. The lowest BCUT2D eigenvalue weighted by Gasteiger charge is -2.11. The number of rotatable bonds is 7. The van der Waals surface area contributed by atoms with E-state index < -0.39 is 21.8 Å². The SMILES string of the molecule is C#Cc1cccc(NC(=O)CNC(=O)c2cccc(S(=O)(=O)Nc3ccccc3Cl)c2)c1. The van der Waals surface area contributed by atoms with E-state index in [9.17, 15) is 18.0 Å². The lowest BCUT2D eigenvalue weighted by atomic mass is 10.2. The zero-order valence-electron chi connectivity index (χ0n) is 16.6. The number of amides is 2. The van der Waals surface area contributed by atoms with Gasteiger partial charge in [-0.1, -0.05) is 41.8 Å².